The van der Waals surface area contributed by atoms with Crippen LogP contribution in [0.3, 0.4) is 0 Å². The Morgan fingerprint density at radius 2 is 1.62 bits per heavy atom. The third kappa shape index (κ3) is 6.42. The second-order valence-corrected chi connectivity index (χ2v) is 13.4. The predicted octanol–water partition coefficient (Wildman–Crippen LogP) is 3.82. The van der Waals surface area contributed by atoms with Gasteiger partial charge in [0.25, 0.3) is 10.0 Å². The van der Waals surface area contributed by atoms with Gasteiger partial charge in [-0.05, 0) is 61.9 Å². The molecule has 1 N–H and O–H groups in total. The van der Waals surface area contributed by atoms with E-state index in [1.165, 1.54) is 47.8 Å². The van der Waals surface area contributed by atoms with E-state index in [2.05, 4.69) is 5.32 Å². The van der Waals surface area contributed by atoms with Crippen LogP contribution in [-0.2, 0) is 29.6 Å². The molecule has 3 aromatic rings. The van der Waals surface area contributed by atoms with Gasteiger partial charge in [-0.25, -0.2) is 16.8 Å². The lowest BCUT2D eigenvalue weighted by Crippen LogP contribution is -2.40. The first-order valence-corrected chi connectivity index (χ1v) is 15.6. The largest absolute Gasteiger partial charge is 0.495 e. The number of carbonyl (C=O) groups is 1. The highest BCUT2D eigenvalue weighted by Gasteiger charge is 2.30. The third-order valence-electron chi connectivity index (χ3n) is 6.39. The smallest absolute Gasteiger partial charge is 0.264 e. The molecule has 1 aliphatic heterocycles. The molecular formula is C27H30ClN3O7S2. The lowest BCUT2D eigenvalue weighted by molar-refractivity contribution is -0.114. The van der Waals surface area contributed by atoms with Crippen molar-refractivity contribution in [1.29, 1.82) is 0 Å². The van der Waals surface area contributed by atoms with Gasteiger partial charge in [-0.1, -0.05) is 35.4 Å². The van der Waals surface area contributed by atoms with Crippen LogP contribution in [0.2, 0.25) is 5.02 Å². The summed E-state index contributed by atoms with van der Waals surface area (Å²) in [6, 6.07) is 15.2. The number of sulfonamides is 2. The number of anilines is 2. The van der Waals surface area contributed by atoms with Crippen LogP contribution < -0.4 is 14.4 Å². The summed E-state index contributed by atoms with van der Waals surface area (Å²) in [5.74, 6) is -0.504. The molecule has 0 unspecified atom stereocenters. The van der Waals surface area contributed by atoms with Crippen molar-refractivity contribution in [3.63, 3.8) is 0 Å². The van der Waals surface area contributed by atoms with Crippen LogP contribution >= 0.6 is 11.6 Å². The summed E-state index contributed by atoms with van der Waals surface area (Å²) in [7, 11) is -6.67. The molecule has 1 fully saturated rings. The van der Waals surface area contributed by atoms with E-state index < -0.39 is 32.5 Å². The average Bonchev–Trinajstić information content (AvgIpc) is 2.93. The summed E-state index contributed by atoms with van der Waals surface area (Å²) in [4.78, 5) is 13.3. The molecule has 1 amide bonds. The lowest BCUT2D eigenvalue weighted by atomic mass is 10.2. The van der Waals surface area contributed by atoms with Crippen molar-refractivity contribution >= 4 is 48.9 Å². The molecule has 0 atom stereocenters. The maximum Gasteiger partial charge on any atom is 0.264 e. The standard InChI is InChI=1S/C27H30ClN3O7S2/c1-19-4-8-22(9-5-19)40(35,36)31(25-16-21(28)7-6-20(25)2)18-27(32)29-24-17-23(10-11-26(24)37-3)39(33,34)30-12-14-38-15-13-30/h4-11,16-17H,12-15,18H2,1-3H3,(H,29,32). The Kier molecular flexibility index (Phi) is 9.06. The minimum Gasteiger partial charge on any atom is -0.495 e. The molecule has 1 heterocycles. The molecule has 3 aromatic carbocycles. The number of carbonyl (C=O) groups excluding carboxylic acids is 1. The molecule has 13 heteroatoms. The minimum atomic E-state index is -4.19. The second kappa shape index (κ2) is 12.1. The molecule has 0 aromatic heterocycles. The zero-order valence-electron chi connectivity index (χ0n) is 22.3. The number of nitrogens with one attached hydrogen (secondary N) is 1. The first-order chi connectivity index (χ1) is 18.9. The van der Waals surface area contributed by atoms with Crippen molar-refractivity contribution in [2.24, 2.45) is 0 Å². The van der Waals surface area contributed by atoms with Crippen LogP contribution in [0.5, 0.6) is 5.75 Å². The molecule has 0 saturated carbocycles. The van der Waals surface area contributed by atoms with Gasteiger partial charge >= 0.3 is 0 Å². The highest BCUT2D eigenvalue weighted by Crippen LogP contribution is 2.32. The molecule has 0 spiro atoms. The molecule has 40 heavy (non-hydrogen) atoms. The van der Waals surface area contributed by atoms with Gasteiger partial charge in [-0.15, -0.1) is 0 Å². The van der Waals surface area contributed by atoms with Crippen LogP contribution in [-0.4, -0.2) is 67.0 Å². The quantitative estimate of drug-likeness (QED) is 0.392. The fourth-order valence-electron chi connectivity index (χ4n) is 4.19. The van der Waals surface area contributed by atoms with Crippen molar-refractivity contribution in [2.45, 2.75) is 23.6 Å². The fourth-order valence-corrected chi connectivity index (χ4v) is 7.27. The minimum absolute atomic E-state index is 0.00135. The van der Waals surface area contributed by atoms with E-state index in [9.17, 15) is 21.6 Å². The van der Waals surface area contributed by atoms with Gasteiger partial charge in [0, 0.05) is 18.1 Å². The zero-order chi connectivity index (χ0) is 29.1. The Hall–Kier alpha value is -3.16. The monoisotopic (exact) mass is 607 g/mol. The van der Waals surface area contributed by atoms with Gasteiger partial charge in [0.15, 0.2) is 0 Å². The second-order valence-electron chi connectivity index (χ2n) is 9.18. The Labute approximate surface area is 239 Å². The first kappa shape index (κ1) is 29.8. The zero-order valence-corrected chi connectivity index (χ0v) is 24.6. The molecule has 0 aliphatic carbocycles. The number of methoxy groups -OCH3 is 1. The summed E-state index contributed by atoms with van der Waals surface area (Å²) in [6.45, 7) is 3.93. The number of amides is 1. The summed E-state index contributed by atoms with van der Waals surface area (Å²) >= 11 is 6.20. The SMILES string of the molecule is COc1ccc(S(=O)(=O)N2CCOCC2)cc1NC(=O)CN(c1cc(Cl)ccc1C)S(=O)(=O)c1ccc(C)cc1. The molecule has 10 nitrogen and oxygen atoms in total. The number of ether oxygens (including phenoxy) is 2. The molecule has 1 aliphatic rings. The van der Waals surface area contributed by atoms with Gasteiger partial charge in [0.2, 0.25) is 15.9 Å². The topological polar surface area (TPSA) is 122 Å². The number of rotatable bonds is 9. The van der Waals surface area contributed by atoms with E-state index in [1.807, 2.05) is 6.92 Å². The van der Waals surface area contributed by atoms with Crippen molar-refractivity contribution in [3.8, 4) is 5.75 Å². The van der Waals surface area contributed by atoms with E-state index in [4.69, 9.17) is 21.1 Å². The molecule has 1 saturated heterocycles. The van der Waals surface area contributed by atoms with Crippen LogP contribution in [0.1, 0.15) is 11.1 Å². The Bertz CT molecular complexity index is 1610. The molecule has 0 radical (unpaired) electrons. The van der Waals surface area contributed by atoms with Crippen LogP contribution in [0.25, 0.3) is 0 Å². The highest BCUT2D eigenvalue weighted by molar-refractivity contribution is 7.92. The van der Waals surface area contributed by atoms with Crippen LogP contribution in [0, 0.1) is 13.8 Å². The number of morpholine rings is 1. The van der Waals surface area contributed by atoms with Crippen LogP contribution in [0.4, 0.5) is 11.4 Å². The normalized spacial score (nSPS) is 14.5. The Morgan fingerprint density at radius 1 is 0.975 bits per heavy atom. The summed E-state index contributed by atoms with van der Waals surface area (Å²) in [5, 5.41) is 2.93. The number of benzene rings is 3. The van der Waals surface area contributed by atoms with E-state index >= 15 is 0 Å². The average molecular weight is 608 g/mol. The molecule has 4 rings (SSSR count). The lowest BCUT2D eigenvalue weighted by Gasteiger charge is -2.27. The fraction of sp³-hybridized carbons (Fsp3) is 0.296. The maximum atomic E-state index is 13.8. The van der Waals surface area contributed by atoms with E-state index in [-0.39, 0.29) is 53.2 Å². The van der Waals surface area contributed by atoms with Crippen molar-refractivity contribution in [3.05, 3.63) is 76.8 Å². The number of aryl methyl sites for hydroxylation is 2. The highest BCUT2D eigenvalue weighted by atomic mass is 35.5. The van der Waals surface area contributed by atoms with Gasteiger partial charge in [-0.2, -0.15) is 4.31 Å². The first-order valence-electron chi connectivity index (χ1n) is 12.3. The van der Waals surface area contributed by atoms with E-state index in [0.717, 1.165) is 9.87 Å². The van der Waals surface area contributed by atoms with E-state index in [1.54, 1.807) is 31.2 Å². The van der Waals surface area contributed by atoms with E-state index in [0.29, 0.717) is 10.6 Å². The number of nitrogens with zero attached hydrogens (tertiary/aromatic N) is 2. The van der Waals surface area contributed by atoms with Crippen molar-refractivity contribution in [1.82, 2.24) is 4.31 Å². The maximum absolute atomic E-state index is 13.8. The van der Waals surface area contributed by atoms with Crippen LogP contribution in [0.15, 0.2) is 70.5 Å². The van der Waals surface area contributed by atoms with Crippen molar-refractivity contribution in [2.75, 3.05) is 49.6 Å². The van der Waals surface area contributed by atoms with Crippen molar-refractivity contribution < 1.29 is 31.1 Å². The number of hydrogen-bond donors (Lipinski definition) is 1. The number of halogens is 1. The molecular weight excluding hydrogens is 578 g/mol. The predicted molar refractivity (Wildman–Crippen MR) is 153 cm³/mol. The third-order valence-corrected chi connectivity index (χ3v) is 10.3. The summed E-state index contributed by atoms with van der Waals surface area (Å²) in [6.07, 6.45) is 0. The molecule has 0 bridgehead atoms. The number of hydrogen-bond acceptors (Lipinski definition) is 7. The summed E-state index contributed by atoms with van der Waals surface area (Å²) in [5.41, 5.74) is 1.78. The van der Waals surface area contributed by atoms with Gasteiger partial charge in [0.1, 0.15) is 12.3 Å². The van der Waals surface area contributed by atoms with Gasteiger partial charge in [0.05, 0.1) is 41.5 Å². The summed E-state index contributed by atoms with van der Waals surface area (Å²) < 4.78 is 66.8. The Balaban J connectivity index is 1.68. The van der Waals surface area contributed by atoms with Gasteiger partial charge in [-0.3, -0.25) is 9.10 Å². The van der Waals surface area contributed by atoms with Gasteiger partial charge < -0.3 is 14.8 Å². The Morgan fingerprint density at radius 3 is 2.27 bits per heavy atom. The molecule has 214 valence electrons.